The maximum Gasteiger partial charge on any atom is 0.253 e. The first-order chi connectivity index (χ1) is 8.45. The summed E-state index contributed by atoms with van der Waals surface area (Å²) >= 11 is 0. The van der Waals surface area contributed by atoms with Crippen LogP contribution >= 0.6 is 0 Å². The molecule has 0 radical (unpaired) electrons. The fraction of sp³-hybridized carbons (Fsp3) is 0.385. The van der Waals surface area contributed by atoms with Crippen molar-refractivity contribution in [2.75, 3.05) is 19.4 Å². The van der Waals surface area contributed by atoms with Gasteiger partial charge in [-0.2, -0.15) is 0 Å². The van der Waals surface area contributed by atoms with Crippen molar-refractivity contribution in [3.8, 4) is 0 Å². The molecule has 1 rings (SSSR count). The Labute approximate surface area is 107 Å². The van der Waals surface area contributed by atoms with Crippen molar-refractivity contribution in [3.05, 3.63) is 29.8 Å². The van der Waals surface area contributed by atoms with Crippen LogP contribution in [0.1, 0.15) is 23.7 Å². The molecule has 0 fully saturated rings. The number of carbonyl (C=O) groups is 2. The molecule has 0 saturated heterocycles. The minimum Gasteiger partial charge on any atom is -0.345 e. The van der Waals surface area contributed by atoms with Crippen LogP contribution in [0.25, 0.3) is 0 Å². The van der Waals surface area contributed by atoms with E-state index in [-0.39, 0.29) is 11.8 Å². The van der Waals surface area contributed by atoms with Crippen molar-refractivity contribution < 1.29 is 9.59 Å². The van der Waals surface area contributed by atoms with Gasteiger partial charge < -0.3 is 16.0 Å². The lowest BCUT2D eigenvalue weighted by atomic mass is 10.1. The summed E-state index contributed by atoms with van der Waals surface area (Å²) < 4.78 is 0. The molecule has 98 valence electrons. The molecule has 3 N–H and O–H groups in total. The summed E-state index contributed by atoms with van der Waals surface area (Å²) in [5.41, 5.74) is 6.73. The zero-order valence-corrected chi connectivity index (χ0v) is 10.9. The molecule has 5 nitrogen and oxygen atoms in total. The van der Waals surface area contributed by atoms with Crippen molar-refractivity contribution in [1.29, 1.82) is 0 Å². The summed E-state index contributed by atoms with van der Waals surface area (Å²) in [5, 5.41) is 2.69. The second-order valence-electron chi connectivity index (χ2n) is 4.28. The highest BCUT2D eigenvalue weighted by atomic mass is 16.2. The molecular formula is C13H19N3O2. The normalized spacial score (nSPS) is 11.8. The van der Waals surface area contributed by atoms with Crippen molar-refractivity contribution in [3.63, 3.8) is 0 Å². The lowest BCUT2D eigenvalue weighted by Crippen LogP contribution is -2.34. The number of rotatable bonds is 4. The quantitative estimate of drug-likeness (QED) is 0.838. The minimum atomic E-state index is -0.529. The second kappa shape index (κ2) is 6.16. The lowest BCUT2D eigenvalue weighted by molar-refractivity contribution is -0.117. The summed E-state index contributed by atoms with van der Waals surface area (Å²) in [6, 6.07) is 6.27. The third kappa shape index (κ3) is 3.56. The van der Waals surface area contributed by atoms with E-state index >= 15 is 0 Å². The number of nitrogens with zero attached hydrogens (tertiary/aromatic N) is 1. The Morgan fingerprint density at radius 2 is 2.06 bits per heavy atom. The highest BCUT2D eigenvalue weighted by molar-refractivity contribution is 5.98. The molecule has 0 spiro atoms. The van der Waals surface area contributed by atoms with Crippen LogP contribution in [0.2, 0.25) is 0 Å². The molecule has 1 aromatic rings. The van der Waals surface area contributed by atoms with Gasteiger partial charge in [-0.05, 0) is 24.6 Å². The minimum absolute atomic E-state index is 0.106. The smallest absolute Gasteiger partial charge is 0.253 e. The highest BCUT2D eigenvalue weighted by Crippen LogP contribution is 2.12. The van der Waals surface area contributed by atoms with Crippen molar-refractivity contribution in [1.82, 2.24) is 4.90 Å². The summed E-state index contributed by atoms with van der Waals surface area (Å²) in [5.74, 6) is -0.349. The number of nitrogens with one attached hydrogen (secondary N) is 1. The monoisotopic (exact) mass is 249 g/mol. The van der Waals surface area contributed by atoms with Gasteiger partial charge in [0.05, 0.1) is 6.04 Å². The van der Waals surface area contributed by atoms with Gasteiger partial charge in [0.15, 0.2) is 0 Å². The molecule has 0 aliphatic carbocycles. The van der Waals surface area contributed by atoms with Crippen LogP contribution < -0.4 is 11.1 Å². The molecule has 0 unspecified atom stereocenters. The van der Waals surface area contributed by atoms with E-state index in [1.54, 1.807) is 38.4 Å². The number of benzene rings is 1. The molecule has 0 aliphatic rings. The lowest BCUT2D eigenvalue weighted by Gasteiger charge is -2.13. The molecule has 0 bridgehead atoms. The maximum atomic E-state index is 11.8. The Morgan fingerprint density at radius 1 is 1.39 bits per heavy atom. The van der Waals surface area contributed by atoms with Crippen molar-refractivity contribution in [2.45, 2.75) is 19.4 Å². The van der Waals surface area contributed by atoms with Crippen LogP contribution in [0.3, 0.4) is 0 Å². The number of carbonyl (C=O) groups excluding carboxylic acids is 2. The zero-order valence-electron chi connectivity index (χ0n) is 10.9. The van der Waals surface area contributed by atoms with Gasteiger partial charge in [-0.25, -0.2) is 0 Å². The first-order valence-corrected chi connectivity index (χ1v) is 5.84. The van der Waals surface area contributed by atoms with Crippen LogP contribution in [-0.4, -0.2) is 36.9 Å². The van der Waals surface area contributed by atoms with Gasteiger partial charge in [-0.15, -0.1) is 0 Å². The molecule has 0 heterocycles. The summed E-state index contributed by atoms with van der Waals surface area (Å²) in [4.78, 5) is 24.9. The maximum absolute atomic E-state index is 11.8. The van der Waals surface area contributed by atoms with Gasteiger partial charge in [-0.3, -0.25) is 9.59 Å². The van der Waals surface area contributed by atoms with E-state index in [4.69, 9.17) is 5.73 Å². The first kappa shape index (κ1) is 14.2. The molecule has 0 aromatic heterocycles. The van der Waals surface area contributed by atoms with Gasteiger partial charge >= 0.3 is 0 Å². The van der Waals surface area contributed by atoms with Crippen LogP contribution in [0.15, 0.2) is 24.3 Å². The predicted molar refractivity (Wildman–Crippen MR) is 71.4 cm³/mol. The Kier molecular flexibility index (Phi) is 4.85. The average molecular weight is 249 g/mol. The summed E-state index contributed by atoms with van der Waals surface area (Å²) in [6.45, 7) is 1.84. The van der Waals surface area contributed by atoms with Gasteiger partial charge in [0, 0.05) is 25.3 Å². The Bertz CT molecular complexity index is 444. The second-order valence-corrected chi connectivity index (χ2v) is 4.28. The molecule has 5 heteroatoms. The fourth-order valence-corrected chi connectivity index (χ4v) is 1.41. The van der Waals surface area contributed by atoms with Crippen LogP contribution in [0.4, 0.5) is 5.69 Å². The zero-order chi connectivity index (χ0) is 13.7. The third-order valence-electron chi connectivity index (χ3n) is 2.56. The number of hydrogen-bond donors (Lipinski definition) is 2. The summed E-state index contributed by atoms with van der Waals surface area (Å²) in [6.07, 6.45) is 0.572. The Hall–Kier alpha value is -1.88. The van der Waals surface area contributed by atoms with Crippen LogP contribution in [0.5, 0.6) is 0 Å². The molecule has 2 amide bonds. The van der Waals surface area contributed by atoms with E-state index in [2.05, 4.69) is 5.32 Å². The predicted octanol–water partition coefficient (Wildman–Crippen LogP) is 1.06. The van der Waals surface area contributed by atoms with Gasteiger partial charge in [0.25, 0.3) is 5.91 Å². The standard InChI is InChI=1S/C13H19N3O2/c1-4-11(14)12(17)15-10-7-5-6-9(8-10)13(18)16(2)3/h5-8,11H,4,14H2,1-3H3,(H,15,17)/t11-/m0/s1. The fourth-order valence-electron chi connectivity index (χ4n) is 1.41. The number of hydrogen-bond acceptors (Lipinski definition) is 3. The van der Waals surface area contributed by atoms with Gasteiger partial charge in [0.2, 0.25) is 5.91 Å². The SMILES string of the molecule is CC[C@H](N)C(=O)Nc1cccc(C(=O)N(C)C)c1. The van der Waals surface area contributed by atoms with Crippen LogP contribution in [0, 0.1) is 0 Å². The highest BCUT2D eigenvalue weighted by Gasteiger charge is 2.12. The van der Waals surface area contributed by atoms with E-state index in [1.165, 1.54) is 4.90 Å². The molecular weight excluding hydrogens is 230 g/mol. The van der Waals surface area contributed by atoms with E-state index in [1.807, 2.05) is 6.92 Å². The van der Waals surface area contributed by atoms with Gasteiger partial charge in [-0.1, -0.05) is 13.0 Å². The summed E-state index contributed by atoms with van der Waals surface area (Å²) in [7, 11) is 3.36. The largest absolute Gasteiger partial charge is 0.345 e. The number of anilines is 1. The van der Waals surface area contributed by atoms with Crippen molar-refractivity contribution >= 4 is 17.5 Å². The molecule has 18 heavy (non-hydrogen) atoms. The van der Waals surface area contributed by atoms with E-state index in [9.17, 15) is 9.59 Å². The molecule has 0 saturated carbocycles. The van der Waals surface area contributed by atoms with Crippen LogP contribution in [-0.2, 0) is 4.79 Å². The molecule has 0 aliphatic heterocycles. The Morgan fingerprint density at radius 3 is 2.61 bits per heavy atom. The average Bonchev–Trinajstić information content (AvgIpc) is 2.36. The third-order valence-corrected chi connectivity index (χ3v) is 2.56. The molecule has 1 atom stereocenters. The van der Waals surface area contributed by atoms with E-state index in [0.29, 0.717) is 17.7 Å². The molecule has 1 aromatic carbocycles. The number of nitrogens with two attached hydrogens (primary N) is 1. The topological polar surface area (TPSA) is 75.4 Å². The number of amides is 2. The van der Waals surface area contributed by atoms with Gasteiger partial charge in [0.1, 0.15) is 0 Å². The first-order valence-electron chi connectivity index (χ1n) is 5.84. The van der Waals surface area contributed by atoms with E-state index in [0.717, 1.165) is 0 Å². The Balaban J connectivity index is 2.83. The van der Waals surface area contributed by atoms with E-state index < -0.39 is 6.04 Å². The van der Waals surface area contributed by atoms with Crippen molar-refractivity contribution in [2.24, 2.45) is 5.73 Å².